The molecule has 4 rings (SSSR count). The van der Waals surface area contributed by atoms with Crippen molar-refractivity contribution in [2.75, 3.05) is 25.0 Å². The van der Waals surface area contributed by atoms with Crippen molar-refractivity contribution in [3.8, 4) is 0 Å². The van der Waals surface area contributed by atoms with Crippen LogP contribution in [0.2, 0.25) is 10.0 Å². The highest BCUT2D eigenvalue weighted by molar-refractivity contribution is 7.89. The molecule has 2 aromatic rings. The summed E-state index contributed by atoms with van der Waals surface area (Å²) in [5, 5.41) is 8.44. The number of sulfonamides is 1. The SMILES string of the molecule is C=CC(=O)Nc1cccc(S(=O)(=O)N2CCC(NC(=O)C3=NCC=C3NC(=O)c3c(Cl)cccc3Cl)CC2)c1. The van der Waals surface area contributed by atoms with Gasteiger partial charge in [-0.15, -0.1) is 0 Å². The fraction of sp³-hybridized carbons (Fsp3) is 0.231. The first-order valence-electron chi connectivity index (χ1n) is 11.9. The Morgan fingerprint density at radius 2 is 1.67 bits per heavy atom. The first kappa shape index (κ1) is 28.5. The number of aliphatic imine (C=N–C) groups is 1. The van der Waals surface area contributed by atoms with E-state index in [2.05, 4.69) is 27.5 Å². The van der Waals surface area contributed by atoms with Crippen LogP contribution in [0.25, 0.3) is 0 Å². The van der Waals surface area contributed by atoms with Gasteiger partial charge in [-0.2, -0.15) is 4.31 Å². The van der Waals surface area contributed by atoms with Gasteiger partial charge in [0.05, 0.1) is 32.7 Å². The molecule has 204 valence electrons. The molecule has 0 aromatic heterocycles. The van der Waals surface area contributed by atoms with Gasteiger partial charge in [0.15, 0.2) is 0 Å². The standard InChI is InChI=1S/C26H25Cl2N5O5S/c1-2-22(34)30-17-5-3-6-18(15-17)39(37,38)33-13-10-16(11-14-33)31-26(36)24-21(9-12-29-24)32-25(35)23-19(27)7-4-8-20(23)28/h2-9,15-16H,1,10-14H2,(H,30,34)(H,31,36)(H,32,35). The molecule has 0 saturated carbocycles. The molecule has 0 radical (unpaired) electrons. The van der Waals surface area contributed by atoms with E-state index >= 15 is 0 Å². The molecule has 0 bridgehead atoms. The highest BCUT2D eigenvalue weighted by Gasteiger charge is 2.32. The Kier molecular flexibility index (Phi) is 8.86. The summed E-state index contributed by atoms with van der Waals surface area (Å²) in [7, 11) is -3.81. The van der Waals surface area contributed by atoms with E-state index in [1.165, 1.54) is 28.6 Å². The Hall–Kier alpha value is -3.51. The molecule has 0 atom stereocenters. The van der Waals surface area contributed by atoms with Gasteiger partial charge >= 0.3 is 0 Å². The monoisotopic (exact) mass is 589 g/mol. The average Bonchev–Trinajstić information content (AvgIpc) is 3.37. The van der Waals surface area contributed by atoms with Crippen LogP contribution < -0.4 is 16.0 Å². The highest BCUT2D eigenvalue weighted by Crippen LogP contribution is 2.25. The number of anilines is 1. The third-order valence-corrected chi connectivity index (χ3v) is 8.69. The minimum atomic E-state index is -3.81. The Balaban J connectivity index is 1.34. The largest absolute Gasteiger partial charge is 0.348 e. The number of carbonyl (C=O) groups is 3. The molecule has 10 nitrogen and oxygen atoms in total. The molecular formula is C26H25Cl2N5O5S. The minimum absolute atomic E-state index is 0.0521. The molecule has 0 aliphatic carbocycles. The Bertz CT molecular complexity index is 1480. The fourth-order valence-corrected chi connectivity index (χ4v) is 6.27. The number of nitrogens with zero attached hydrogens (tertiary/aromatic N) is 2. The Labute approximate surface area is 235 Å². The molecule has 39 heavy (non-hydrogen) atoms. The molecule has 13 heteroatoms. The number of halogens is 2. The zero-order chi connectivity index (χ0) is 28.2. The molecule has 1 saturated heterocycles. The summed E-state index contributed by atoms with van der Waals surface area (Å²) in [4.78, 5) is 41.5. The second-order valence-electron chi connectivity index (χ2n) is 8.73. The molecule has 2 aliphatic heterocycles. The number of rotatable bonds is 8. The first-order valence-corrected chi connectivity index (χ1v) is 14.1. The maximum Gasteiger partial charge on any atom is 0.271 e. The van der Waals surface area contributed by atoms with Crippen LogP contribution in [0, 0.1) is 0 Å². The lowest BCUT2D eigenvalue weighted by Gasteiger charge is -2.31. The molecule has 1 fully saturated rings. The maximum absolute atomic E-state index is 13.2. The number of carbonyl (C=O) groups excluding carboxylic acids is 3. The van der Waals surface area contributed by atoms with Crippen LogP contribution in [-0.4, -0.2) is 61.8 Å². The third kappa shape index (κ3) is 6.56. The van der Waals surface area contributed by atoms with E-state index in [0.29, 0.717) is 18.5 Å². The van der Waals surface area contributed by atoms with Crippen LogP contribution in [0.4, 0.5) is 5.69 Å². The first-order chi connectivity index (χ1) is 18.6. The van der Waals surface area contributed by atoms with E-state index in [1.807, 2.05) is 0 Å². The van der Waals surface area contributed by atoms with Gasteiger partial charge in [0.1, 0.15) is 5.71 Å². The van der Waals surface area contributed by atoms with Crippen LogP contribution in [-0.2, 0) is 19.6 Å². The predicted octanol–water partition coefficient (Wildman–Crippen LogP) is 3.16. The van der Waals surface area contributed by atoms with Gasteiger partial charge in [-0.1, -0.05) is 41.9 Å². The summed E-state index contributed by atoms with van der Waals surface area (Å²) in [5.74, 6) is -1.49. The van der Waals surface area contributed by atoms with Gasteiger partial charge in [-0.05, 0) is 55.3 Å². The molecule has 2 aromatic carbocycles. The van der Waals surface area contributed by atoms with Crippen molar-refractivity contribution in [1.82, 2.24) is 14.9 Å². The number of hydrogen-bond acceptors (Lipinski definition) is 6. The van der Waals surface area contributed by atoms with Crippen molar-refractivity contribution in [2.45, 2.75) is 23.8 Å². The van der Waals surface area contributed by atoms with E-state index in [0.717, 1.165) is 6.08 Å². The van der Waals surface area contributed by atoms with Crippen LogP contribution in [0.1, 0.15) is 23.2 Å². The van der Waals surface area contributed by atoms with Crippen molar-refractivity contribution in [3.63, 3.8) is 0 Å². The van der Waals surface area contributed by atoms with Gasteiger partial charge in [-0.3, -0.25) is 19.4 Å². The predicted molar refractivity (Wildman–Crippen MR) is 150 cm³/mol. The van der Waals surface area contributed by atoms with E-state index in [1.54, 1.807) is 24.3 Å². The van der Waals surface area contributed by atoms with Gasteiger partial charge in [0, 0.05) is 24.8 Å². The van der Waals surface area contributed by atoms with Crippen LogP contribution in [0.5, 0.6) is 0 Å². The van der Waals surface area contributed by atoms with Crippen molar-refractivity contribution in [1.29, 1.82) is 0 Å². The van der Waals surface area contributed by atoms with Crippen molar-refractivity contribution in [2.24, 2.45) is 4.99 Å². The van der Waals surface area contributed by atoms with Crippen LogP contribution in [0.15, 0.2) is 76.8 Å². The zero-order valence-electron chi connectivity index (χ0n) is 20.6. The van der Waals surface area contributed by atoms with Gasteiger partial charge in [0.25, 0.3) is 11.8 Å². The highest BCUT2D eigenvalue weighted by atomic mass is 35.5. The van der Waals surface area contributed by atoms with Gasteiger partial charge in [-0.25, -0.2) is 8.42 Å². The van der Waals surface area contributed by atoms with E-state index in [-0.39, 0.29) is 57.6 Å². The van der Waals surface area contributed by atoms with Crippen molar-refractivity contribution < 1.29 is 22.8 Å². The summed E-state index contributed by atoms with van der Waals surface area (Å²) >= 11 is 12.2. The number of piperidine rings is 1. The maximum atomic E-state index is 13.2. The summed E-state index contributed by atoms with van der Waals surface area (Å²) in [5.41, 5.74) is 0.751. The topological polar surface area (TPSA) is 137 Å². The summed E-state index contributed by atoms with van der Waals surface area (Å²) in [6.45, 7) is 3.98. The third-order valence-electron chi connectivity index (χ3n) is 6.17. The molecule has 0 unspecified atom stereocenters. The van der Waals surface area contributed by atoms with Gasteiger partial charge < -0.3 is 16.0 Å². The zero-order valence-corrected chi connectivity index (χ0v) is 22.9. The quantitative estimate of drug-likeness (QED) is 0.406. The normalized spacial score (nSPS) is 16.2. The number of benzene rings is 2. The molecule has 3 amide bonds. The smallest absolute Gasteiger partial charge is 0.271 e. The van der Waals surface area contributed by atoms with Crippen LogP contribution >= 0.6 is 23.2 Å². The molecule has 3 N–H and O–H groups in total. The van der Waals surface area contributed by atoms with E-state index in [4.69, 9.17) is 23.2 Å². The number of hydrogen-bond donors (Lipinski definition) is 3. The second kappa shape index (κ2) is 12.1. The lowest BCUT2D eigenvalue weighted by atomic mass is 10.1. The van der Waals surface area contributed by atoms with E-state index in [9.17, 15) is 22.8 Å². The number of amides is 3. The van der Waals surface area contributed by atoms with Crippen molar-refractivity contribution in [3.05, 3.63) is 82.5 Å². The average molecular weight is 590 g/mol. The number of nitrogens with one attached hydrogen (secondary N) is 3. The molecule has 2 aliphatic rings. The fourth-order valence-electron chi connectivity index (χ4n) is 4.18. The Morgan fingerprint density at radius 1 is 1.00 bits per heavy atom. The molecule has 0 spiro atoms. The summed E-state index contributed by atoms with van der Waals surface area (Å²) in [6, 6.07) is 10.4. The molecule has 2 heterocycles. The van der Waals surface area contributed by atoms with E-state index < -0.39 is 27.7 Å². The Morgan fingerprint density at radius 3 is 2.33 bits per heavy atom. The summed E-state index contributed by atoms with van der Waals surface area (Å²) < 4.78 is 27.7. The summed E-state index contributed by atoms with van der Waals surface area (Å²) in [6.07, 6.45) is 3.47. The van der Waals surface area contributed by atoms with Crippen LogP contribution in [0.3, 0.4) is 0 Å². The van der Waals surface area contributed by atoms with Gasteiger partial charge in [0.2, 0.25) is 15.9 Å². The minimum Gasteiger partial charge on any atom is -0.348 e. The lowest BCUT2D eigenvalue weighted by molar-refractivity contribution is -0.115. The lowest BCUT2D eigenvalue weighted by Crippen LogP contribution is -2.48. The van der Waals surface area contributed by atoms with Crippen molar-refractivity contribution >= 4 is 62.3 Å². The molecular weight excluding hydrogens is 565 g/mol. The second-order valence-corrected chi connectivity index (χ2v) is 11.5.